The molecule has 1 atom stereocenters. The van der Waals surface area contributed by atoms with Gasteiger partial charge in [0.05, 0.1) is 5.16 Å². The van der Waals surface area contributed by atoms with Crippen molar-refractivity contribution in [3.8, 4) is 0 Å². The molecule has 0 aromatic carbocycles. The number of thiazole rings is 1. The quantitative estimate of drug-likeness (QED) is 0.521. The first kappa shape index (κ1) is 8.53. The fourth-order valence-electron chi connectivity index (χ4n) is 0.700. The molecule has 0 bridgehead atoms. The summed E-state index contributed by atoms with van der Waals surface area (Å²) in [7, 11) is 0. The zero-order chi connectivity index (χ0) is 8.27. The highest BCUT2D eigenvalue weighted by atomic mass is 32.1. The van der Waals surface area contributed by atoms with Crippen LogP contribution in [0.4, 0.5) is 0 Å². The van der Waals surface area contributed by atoms with Crippen molar-refractivity contribution < 1.29 is 0 Å². The van der Waals surface area contributed by atoms with Gasteiger partial charge in [-0.05, 0) is 26.1 Å². The van der Waals surface area contributed by atoms with Crippen molar-refractivity contribution in [2.45, 2.75) is 19.9 Å². The second-order valence-electron chi connectivity index (χ2n) is 2.21. The Labute approximate surface area is 75.0 Å². The molecule has 2 nitrogen and oxygen atoms in total. The number of aromatic nitrogens is 1. The summed E-state index contributed by atoms with van der Waals surface area (Å²) in [6.07, 6.45) is 1.84. The molecule has 1 aromatic heterocycles. The molecule has 0 saturated carbocycles. The molecule has 1 rings (SSSR count). The molecule has 1 unspecified atom stereocenters. The van der Waals surface area contributed by atoms with E-state index in [1.807, 2.05) is 20.0 Å². The number of thiocarbonyl (C=S) groups is 1. The Morgan fingerprint density at radius 3 is 3.00 bits per heavy atom. The smallest absolute Gasteiger partial charge is 0.118 e. The number of aryl methyl sites for hydroxylation is 1. The fraction of sp³-hybridized carbons (Fsp3) is 0.429. The number of hydrogen-bond donors (Lipinski definition) is 0. The summed E-state index contributed by atoms with van der Waals surface area (Å²) < 4.78 is 0. The van der Waals surface area contributed by atoms with Crippen LogP contribution in [0.1, 0.15) is 22.9 Å². The maximum atomic E-state index is 4.50. The number of rotatable bonds is 2. The maximum Gasteiger partial charge on any atom is 0.118 e. The predicted octanol–water partition coefficient (Wildman–Crippen LogP) is 2.62. The summed E-state index contributed by atoms with van der Waals surface area (Å²) in [5.74, 6) is 0. The van der Waals surface area contributed by atoms with Crippen LogP contribution in [0.25, 0.3) is 0 Å². The van der Waals surface area contributed by atoms with E-state index < -0.39 is 0 Å². The lowest BCUT2D eigenvalue weighted by atomic mass is 10.4. The second kappa shape index (κ2) is 3.72. The van der Waals surface area contributed by atoms with Crippen LogP contribution in [0.15, 0.2) is 11.2 Å². The van der Waals surface area contributed by atoms with Gasteiger partial charge in [-0.15, -0.1) is 11.3 Å². The van der Waals surface area contributed by atoms with Crippen molar-refractivity contribution in [3.63, 3.8) is 0 Å². The van der Waals surface area contributed by atoms with Gasteiger partial charge in [0.1, 0.15) is 11.0 Å². The topological polar surface area (TPSA) is 25.2 Å². The van der Waals surface area contributed by atoms with Gasteiger partial charge in [-0.3, -0.25) is 0 Å². The summed E-state index contributed by atoms with van der Waals surface area (Å²) in [6.45, 7) is 3.98. The van der Waals surface area contributed by atoms with E-state index >= 15 is 0 Å². The van der Waals surface area contributed by atoms with E-state index in [4.69, 9.17) is 0 Å². The minimum Gasteiger partial charge on any atom is -0.247 e. The fourth-order valence-corrected chi connectivity index (χ4v) is 1.62. The van der Waals surface area contributed by atoms with E-state index in [1.54, 1.807) is 11.3 Å². The first-order valence-electron chi connectivity index (χ1n) is 3.23. The first-order chi connectivity index (χ1) is 5.24. The summed E-state index contributed by atoms with van der Waals surface area (Å²) in [6, 6.07) is 0.0613. The van der Waals surface area contributed by atoms with Crippen molar-refractivity contribution in [2.75, 3.05) is 0 Å². The molecule has 1 heterocycles. The van der Waals surface area contributed by atoms with Gasteiger partial charge in [-0.1, -0.05) is 0 Å². The van der Waals surface area contributed by atoms with Gasteiger partial charge >= 0.3 is 0 Å². The molecule has 0 aliphatic carbocycles. The Balaban J connectivity index is 2.84. The molecule has 0 aliphatic rings. The largest absolute Gasteiger partial charge is 0.247 e. The van der Waals surface area contributed by atoms with E-state index in [1.165, 1.54) is 4.88 Å². The average molecular weight is 184 g/mol. The molecule has 0 fully saturated rings. The van der Waals surface area contributed by atoms with Crippen molar-refractivity contribution in [3.05, 3.63) is 16.1 Å². The van der Waals surface area contributed by atoms with Crippen LogP contribution in [0.5, 0.6) is 0 Å². The van der Waals surface area contributed by atoms with Crippen molar-refractivity contribution in [1.29, 1.82) is 0 Å². The molecule has 58 valence electrons. The molecular weight excluding hydrogens is 176 g/mol. The van der Waals surface area contributed by atoms with Crippen LogP contribution >= 0.6 is 23.6 Å². The molecule has 11 heavy (non-hydrogen) atoms. The third-order valence-electron chi connectivity index (χ3n) is 1.24. The van der Waals surface area contributed by atoms with Crippen LogP contribution in [-0.2, 0) is 0 Å². The highest BCUT2D eigenvalue weighted by molar-refractivity contribution is 7.78. The normalized spacial score (nSPS) is 12.2. The van der Waals surface area contributed by atoms with E-state index in [9.17, 15) is 0 Å². The predicted molar refractivity (Wildman–Crippen MR) is 50.3 cm³/mol. The number of hydrogen-bond acceptors (Lipinski definition) is 4. The minimum absolute atomic E-state index is 0.0613. The molecule has 0 amide bonds. The monoisotopic (exact) mass is 184 g/mol. The van der Waals surface area contributed by atoms with Gasteiger partial charge in [-0.2, -0.15) is 0 Å². The van der Waals surface area contributed by atoms with Crippen LogP contribution in [-0.4, -0.2) is 10.1 Å². The van der Waals surface area contributed by atoms with Gasteiger partial charge in [0.2, 0.25) is 0 Å². The molecule has 4 heteroatoms. The summed E-state index contributed by atoms with van der Waals surface area (Å²) in [5.41, 5.74) is 0. The molecule has 0 N–H and O–H groups in total. The third-order valence-corrected chi connectivity index (χ3v) is 2.43. The van der Waals surface area contributed by atoms with Gasteiger partial charge in [-0.25, -0.2) is 9.98 Å². The Morgan fingerprint density at radius 1 is 1.82 bits per heavy atom. The molecule has 0 aliphatic heterocycles. The zero-order valence-electron chi connectivity index (χ0n) is 6.37. The van der Waals surface area contributed by atoms with Gasteiger partial charge in [0.15, 0.2) is 0 Å². The Bertz CT molecular complexity index is 286. The zero-order valence-corrected chi connectivity index (χ0v) is 8.00. The lowest BCUT2D eigenvalue weighted by Crippen LogP contribution is -1.85. The highest BCUT2D eigenvalue weighted by Crippen LogP contribution is 2.21. The lowest BCUT2D eigenvalue weighted by molar-refractivity contribution is 0.816. The average Bonchev–Trinajstić information content (AvgIpc) is 2.36. The summed E-state index contributed by atoms with van der Waals surface area (Å²) >= 11 is 6.14. The number of nitrogens with zero attached hydrogens (tertiary/aromatic N) is 2. The number of aliphatic imine (C=N–C) groups is 1. The van der Waals surface area contributed by atoms with Gasteiger partial charge in [0.25, 0.3) is 0 Å². The molecule has 0 saturated heterocycles. The summed E-state index contributed by atoms with van der Waals surface area (Å²) in [5, 5.41) is 3.35. The summed E-state index contributed by atoms with van der Waals surface area (Å²) in [4.78, 5) is 9.29. The molecule has 0 radical (unpaired) electrons. The second-order valence-corrected chi connectivity index (χ2v) is 3.65. The van der Waals surface area contributed by atoms with Crippen LogP contribution in [0.3, 0.4) is 0 Å². The Kier molecular flexibility index (Phi) is 2.88. The number of isothiocyanates is 1. The Morgan fingerprint density at radius 2 is 2.55 bits per heavy atom. The van der Waals surface area contributed by atoms with E-state index in [-0.39, 0.29) is 6.04 Å². The van der Waals surface area contributed by atoms with E-state index in [0.29, 0.717) is 0 Å². The Hall–Kier alpha value is -0.570. The van der Waals surface area contributed by atoms with Gasteiger partial charge in [0, 0.05) is 11.1 Å². The van der Waals surface area contributed by atoms with Crippen molar-refractivity contribution in [1.82, 2.24) is 4.98 Å². The van der Waals surface area contributed by atoms with E-state index in [0.717, 1.165) is 5.01 Å². The van der Waals surface area contributed by atoms with Gasteiger partial charge < -0.3 is 0 Å². The lowest BCUT2D eigenvalue weighted by Gasteiger charge is -1.95. The van der Waals surface area contributed by atoms with Crippen molar-refractivity contribution in [2.24, 2.45) is 4.99 Å². The molecule has 0 spiro atoms. The van der Waals surface area contributed by atoms with Crippen LogP contribution < -0.4 is 0 Å². The van der Waals surface area contributed by atoms with Crippen LogP contribution in [0, 0.1) is 6.92 Å². The maximum absolute atomic E-state index is 4.50. The molecule has 1 aromatic rings. The third kappa shape index (κ3) is 2.19. The standard InChI is InChI=1S/C7H8N2S2/c1-5-3-8-7(11-5)6(2)9-4-10/h3,6H,1-2H3. The minimum atomic E-state index is 0.0613. The highest BCUT2D eigenvalue weighted by Gasteiger charge is 2.05. The van der Waals surface area contributed by atoms with Crippen LogP contribution in [0.2, 0.25) is 0 Å². The van der Waals surface area contributed by atoms with E-state index in [2.05, 4.69) is 27.4 Å². The van der Waals surface area contributed by atoms with Crippen molar-refractivity contribution >= 4 is 28.7 Å². The SMILES string of the molecule is Cc1cnc(C(C)N=C=S)s1. The molecular formula is C7H8N2S2. The first-order valence-corrected chi connectivity index (χ1v) is 4.46.